The Bertz CT molecular complexity index is 580. The molecule has 0 heterocycles. The number of rotatable bonds is 10. The smallest absolute Gasteiger partial charge is 0.422 e. The van der Waals surface area contributed by atoms with Crippen molar-refractivity contribution in [3.05, 3.63) is 37.0 Å². The summed E-state index contributed by atoms with van der Waals surface area (Å²) in [5, 5.41) is 0. The number of esters is 3. The Labute approximate surface area is 183 Å². The molecule has 0 fully saturated rings. The fraction of sp³-hybridized carbons (Fsp3) is 0.591. The molecule has 0 saturated heterocycles. The molecule has 0 aliphatic rings. The molecule has 0 atom stereocenters. The van der Waals surface area contributed by atoms with Gasteiger partial charge in [0.1, 0.15) is 0 Å². The molecule has 0 aromatic rings. The summed E-state index contributed by atoms with van der Waals surface area (Å²) in [5.41, 5.74) is 0.386. The van der Waals surface area contributed by atoms with Crippen LogP contribution in [0.4, 0.5) is 13.2 Å². The van der Waals surface area contributed by atoms with E-state index in [1.807, 2.05) is 0 Å². The van der Waals surface area contributed by atoms with E-state index >= 15 is 0 Å². The van der Waals surface area contributed by atoms with Gasteiger partial charge in [-0.15, -0.1) is 0 Å². The number of hydrogen-bond acceptors (Lipinski definition) is 6. The Morgan fingerprint density at radius 1 is 0.935 bits per heavy atom. The zero-order chi connectivity index (χ0) is 25.0. The molecule has 0 spiro atoms. The summed E-state index contributed by atoms with van der Waals surface area (Å²) in [6, 6.07) is 0. The van der Waals surface area contributed by atoms with E-state index in [0.717, 1.165) is 18.8 Å². The summed E-state index contributed by atoms with van der Waals surface area (Å²) in [6.45, 7) is 16.1. The van der Waals surface area contributed by atoms with E-state index in [0.29, 0.717) is 12.2 Å². The first-order valence-electron chi connectivity index (χ1n) is 9.60. The van der Waals surface area contributed by atoms with Crippen molar-refractivity contribution in [2.24, 2.45) is 5.92 Å². The molecule has 0 saturated carbocycles. The molecule has 0 N–H and O–H groups in total. The molecule has 0 aromatic carbocycles. The van der Waals surface area contributed by atoms with Crippen molar-refractivity contribution in [1.29, 1.82) is 0 Å². The van der Waals surface area contributed by atoms with Gasteiger partial charge in [0.15, 0.2) is 6.61 Å². The van der Waals surface area contributed by atoms with Gasteiger partial charge in [0.2, 0.25) is 0 Å². The predicted molar refractivity (Wildman–Crippen MR) is 113 cm³/mol. The van der Waals surface area contributed by atoms with Gasteiger partial charge in [-0.1, -0.05) is 52.8 Å². The Hall–Kier alpha value is -2.58. The molecule has 0 bridgehead atoms. The maximum atomic E-state index is 11.4. The third-order valence-corrected chi connectivity index (χ3v) is 3.09. The highest BCUT2D eigenvalue weighted by molar-refractivity contribution is 5.87. The van der Waals surface area contributed by atoms with Gasteiger partial charge < -0.3 is 14.2 Å². The molecule has 0 unspecified atom stereocenters. The van der Waals surface area contributed by atoms with Crippen LogP contribution in [-0.2, 0) is 28.6 Å². The average molecular weight is 453 g/mol. The fourth-order valence-electron chi connectivity index (χ4n) is 1.51. The van der Waals surface area contributed by atoms with Crippen LogP contribution < -0.4 is 0 Å². The normalized spacial score (nSPS) is 9.84. The summed E-state index contributed by atoms with van der Waals surface area (Å²) in [7, 11) is 1.33. The van der Waals surface area contributed by atoms with E-state index in [1.165, 1.54) is 33.0 Å². The lowest BCUT2D eigenvalue weighted by molar-refractivity contribution is -0.183. The van der Waals surface area contributed by atoms with Crippen LogP contribution in [0.15, 0.2) is 37.0 Å². The summed E-state index contributed by atoms with van der Waals surface area (Å²) < 4.78 is 47.0. The third-order valence-electron chi connectivity index (χ3n) is 3.09. The van der Waals surface area contributed by atoms with E-state index in [4.69, 9.17) is 4.74 Å². The van der Waals surface area contributed by atoms with Crippen LogP contribution in [0.5, 0.6) is 0 Å². The number of unbranched alkanes of at least 4 members (excludes halogenated alkanes) is 2. The van der Waals surface area contributed by atoms with E-state index in [9.17, 15) is 27.6 Å². The lowest BCUT2D eigenvalue weighted by Crippen LogP contribution is -2.20. The van der Waals surface area contributed by atoms with E-state index in [2.05, 4.69) is 43.1 Å². The Balaban J connectivity index is -0.000000397. The van der Waals surface area contributed by atoms with E-state index in [-0.39, 0.29) is 17.5 Å². The van der Waals surface area contributed by atoms with Crippen molar-refractivity contribution in [1.82, 2.24) is 0 Å². The van der Waals surface area contributed by atoms with Crippen molar-refractivity contribution in [3.63, 3.8) is 0 Å². The number of methoxy groups -OCH3 is 1. The van der Waals surface area contributed by atoms with Gasteiger partial charge in [-0.25, -0.2) is 14.4 Å². The topological polar surface area (TPSA) is 78.9 Å². The highest BCUT2D eigenvalue weighted by atomic mass is 19.4. The quantitative estimate of drug-likeness (QED) is 0.193. The van der Waals surface area contributed by atoms with Crippen LogP contribution in [0.25, 0.3) is 0 Å². The van der Waals surface area contributed by atoms with Crippen molar-refractivity contribution in [2.75, 3.05) is 20.3 Å². The van der Waals surface area contributed by atoms with Gasteiger partial charge in [-0.05, 0) is 26.2 Å². The second kappa shape index (κ2) is 19.4. The Morgan fingerprint density at radius 2 is 1.45 bits per heavy atom. The van der Waals surface area contributed by atoms with Crippen molar-refractivity contribution < 1.29 is 41.8 Å². The zero-order valence-corrected chi connectivity index (χ0v) is 19.1. The minimum Gasteiger partial charge on any atom is -0.466 e. The third kappa shape index (κ3) is 29.7. The second-order valence-corrected chi connectivity index (χ2v) is 6.86. The molecule has 0 amide bonds. The number of carbonyl (C=O) groups is 3. The predicted octanol–water partition coefficient (Wildman–Crippen LogP) is 5.34. The molecular weight excluding hydrogens is 417 g/mol. The largest absolute Gasteiger partial charge is 0.466 e. The van der Waals surface area contributed by atoms with Crippen molar-refractivity contribution >= 4 is 17.9 Å². The van der Waals surface area contributed by atoms with Crippen molar-refractivity contribution in [3.8, 4) is 0 Å². The molecule has 9 heteroatoms. The zero-order valence-electron chi connectivity index (χ0n) is 19.1. The molecule has 0 aromatic heterocycles. The summed E-state index contributed by atoms with van der Waals surface area (Å²) >= 11 is 0. The van der Waals surface area contributed by atoms with Crippen LogP contribution in [0, 0.1) is 5.92 Å². The van der Waals surface area contributed by atoms with Gasteiger partial charge >= 0.3 is 24.1 Å². The lowest BCUT2D eigenvalue weighted by atomic mass is 10.1. The van der Waals surface area contributed by atoms with Crippen LogP contribution in [-0.4, -0.2) is 44.4 Å². The molecule has 0 aliphatic carbocycles. The van der Waals surface area contributed by atoms with E-state index in [1.54, 1.807) is 6.92 Å². The minimum absolute atomic E-state index is 0.0470. The van der Waals surface area contributed by atoms with Gasteiger partial charge in [0, 0.05) is 17.2 Å². The summed E-state index contributed by atoms with van der Waals surface area (Å²) in [4.78, 5) is 31.2. The lowest BCUT2D eigenvalue weighted by Gasteiger charge is -2.06. The number of ether oxygens (including phenoxy) is 3. The van der Waals surface area contributed by atoms with Gasteiger partial charge in [-0.3, -0.25) is 0 Å². The molecular formula is C22H35F3O6. The molecule has 180 valence electrons. The Morgan fingerprint density at radius 3 is 1.77 bits per heavy atom. The number of alkyl halides is 3. The first-order chi connectivity index (χ1) is 14.2. The number of hydrogen-bond donors (Lipinski definition) is 0. The van der Waals surface area contributed by atoms with Gasteiger partial charge in [0.05, 0.1) is 13.7 Å². The van der Waals surface area contributed by atoms with Crippen LogP contribution in [0.2, 0.25) is 0 Å². The van der Waals surface area contributed by atoms with Crippen molar-refractivity contribution in [2.45, 2.75) is 59.6 Å². The standard InChI is InChI=1S/C11H20O2.C6H7F3O2.C5H8O2/c1-4-11(12)13-9-7-5-6-8-10(2)3;1-4(2)5(10)11-3-6(7,8)9;1-4(2)5(6)7-3/h4,10H,1,5-9H2,2-3H3;1,3H2,2H3;1H2,2-3H3. The molecule has 6 nitrogen and oxygen atoms in total. The monoisotopic (exact) mass is 452 g/mol. The molecule has 0 radical (unpaired) electrons. The van der Waals surface area contributed by atoms with Gasteiger partial charge in [0.25, 0.3) is 0 Å². The Kier molecular flexibility index (Phi) is 20.7. The first-order valence-corrected chi connectivity index (χ1v) is 9.60. The average Bonchev–Trinajstić information content (AvgIpc) is 2.67. The fourth-order valence-corrected chi connectivity index (χ4v) is 1.51. The highest BCUT2D eigenvalue weighted by Gasteiger charge is 2.29. The van der Waals surface area contributed by atoms with Crippen LogP contribution >= 0.6 is 0 Å². The minimum atomic E-state index is -4.47. The first kappa shape index (κ1) is 33.1. The number of halogens is 3. The molecule has 31 heavy (non-hydrogen) atoms. The van der Waals surface area contributed by atoms with Crippen LogP contribution in [0.1, 0.15) is 53.4 Å². The highest BCUT2D eigenvalue weighted by Crippen LogP contribution is 2.14. The molecule has 0 rings (SSSR count). The SMILES string of the molecule is C=C(C)C(=O)OC.C=C(C)C(=O)OCC(F)(F)F.C=CC(=O)OCCCCCC(C)C. The summed E-state index contributed by atoms with van der Waals surface area (Å²) in [6.07, 6.45) is 1.33. The maximum Gasteiger partial charge on any atom is 0.422 e. The maximum absolute atomic E-state index is 11.4. The van der Waals surface area contributed by atoms with Gasteiger partial charge in [-0.2, -0.15) is 13.2 Å². The molecule has 0 aliphatic heterocycles. The second-order valence-electron chi connectivity index (χ2n) is 6.86. The van der Waals surface area contributed by atoms with E-state index < -0.39 is 18.8 Å². The number of carbonyl (C=O) groups excluding carboxylic acids is 3. The summed E-state index contributed by atoms with van der Waals surface area (Å²) in [5.74, 6) is -0.915. The van der Waals surface area contributed by atoms with Crippen LogP contribution in [0.3, 0.4) is 0 Å².